The van der Waals surface area contributed by atoms with Crippen LogP contribution < -0.4 is 0 Å². The quantitative estimate of drug-likeness (QED) is 0.705. The van der Waals surface area contributed by atoms with Crippen LogP contribution in [0.4, 0.5) is 0 Å². The third kappa shape index (κ3) is 4.59. The topological polar surface area (TPSA) is 26.3 Å². The molecule has 0 amide bonds. The molecule has 1 aromatic carbocycles. The molecule has 0 heterocycles. The van der Waals surface area contributed by atoms with Crippen molar-refractivity contribution >= 4 is 5.97 Å². The molecule has 1 aromatic rings. The van der Waals surface area contributed by atoms with Crippen LogP contribution >= 0.6 is 0 Å². The number of hydrogen-bond donors (Lipinski definition) is 0. The highest BCUT2D eigenvalue weighted by Gasteiger charge is 2.21. The molecule has 17 heavy (non-hydrogen) atoms. The van der Waals surface area contributed by atoms with Gasteiger partial charge in [0.05, 0.1) is 12.5 Å². The average molecular weight is 234 g/mol. The van der Waals surface area contributed by atoms with E-state index in [0.29, 0.717) is 12.5 Å². The van der Waals surface area contributed by atoms with Gasteiger partial charge in [0.2, 0.25) is 0 Å². The first-order chi connectivity index (χ1) is 8.15. The third-order valence-electron chi connectivity index (χ3n) is 3.03. The maximum absolute atomic E-state index is 11.8. The van der Waals surface area contributed by atoms with Crippen LogP contribution in [0, 0.1) is 11.8 Å². The van der Waals surface area contributed by atoms with Gasteiger partial charge in [0.15, 0.2) is 0 Å². The standard InChI is InChI=1S/C15H22O2/c1-4-14(12(2)3)15(16)17-11-10-13-8-6-5-7-9-13/h5-9,12,14H,4,10-11H2,1-3H3. The van der Waals surface area contributed by atoms with Crippen molar-refractivity contribution in [3.05, 3.63) is 35.9 Å². The second kappa shape index (κ2) is 7.10. The molecule has 0 fully saturated rings. The number of benzene rings is 1. The fraction of sp³-hybridized carbons (Fsp3) is 0.533. The van der Waals surface area contributed by atoms with E-state index in [1.54, 1.807) is 0 Å². The Morgan fingerprint density at radius 2 is 1.88 bits per heavy atom. The number of hydrogen-bond acceptors (Lipinski definition) is 2. The maximum Gasteiger partial charge on any atom is 0.309 e. The van der Waals surface area contributed by atoms with Crippen molar-refractivity contribution in [1.29, 1.82) is 0 Å². The molecule has 0 saturated heterocycles. The summed E-state index contributed by atoms with van der Waals surface area (Å²) in [5, 5.41) is 0. The molecule has 0 spiro atoms. The maximum atomic E-state index is 11.8. The summed E-state index contributed by atoms with van der Waals surface area (Å²) in [4.78, 5) is 11.8. The van der Waals surface area contributed by atoms with Crippen LogP contribution in [0.15, 0.2) is 30.3 Å². The summed E-state index contributed by atoms with van der Waals surface area (Å²) in [6, 6.07) is 10.1. The van der Waals surface area contributed by atoms with Gasteiger partial charge in [0.1, 0.15) is 0 Å². The van der Waals surface area contributed by atoms with Gasteiger partial charge in [-0.2, -0.15) is 0 Å². The number of esters is 1. The Labute approximate surface area is 104 Å². The first kappa shape index (κ1) is 13.8. The van der Waals surface area contributed by atoms with E-state index >= 15 is 0 Å². The molecule has 1 rings (SSSR count). The molecule has 1 atom stereocenters. The van der Waals surface area contributed by atoms with E-state index in [0.717, 1.165) is 12.8 Å². The van der Waals surface area contributed by atoms with Gasteiger partial charge >= 0.3 is 5.97 Å². The normalized spacial score (nSPS) is 12.5. The molecular weight excluding hydrogens is 212 g/mol. The molecule has 0 aliphatic carbocycles. The highest BCUT2D eigenvalue weighted by atomic mass is 16.5. The molecule has 0 radical (unpaired) electrons. The van der Waals surface area contributed by atoms with Crippen LogP contribution in [0.3, 0.4) is 0 Å². The lowest BCUT2D eigenvalue weighted by atomic mass is 9.93. The second-order valence-electron chi connectivity index (χ2n) is 4.66. The number of ether oxygens (including phenoxy) is 1. The highest BCUT2D eigenvalue weighted by molar-refractivity contribution is 5.72. The Morgan fingerprint density at radius 3 is 2.41 bits per heavy atom. The lowest BCUT2D eigenvalue weighted by Gasteiger charge is -2.17. The Morgan fingerprint density at radius 1 is 1.24 bits per heavy atom. The van der Waals surface area contributed by atoms with Gasteiger partial charge in [0, 0.05) is 6.42 Å². The number of carbonyl (C=O) groups excluding carboxylic acids is 1. The minimum atomic E-state index is -0.0570. The van der Waals surface area contributed by atoms with E-state index in [2.05, 4.69) is 13.8 Å². The Balaban J connectivity index is 2.33. The van der Waals surface area contributed by atoms with E-state index in [1.165, 1.54) is 5.56 Å². The fourth-order valence-electron chi connectivity index (χ4n) is 1.93. The largest absolute Gasteiger partial charge is 0.465 e. The molecule has 0 N–H and O–H groups in total. The summed E-state index contributed by atoms with van der Waals surface area (Å²) in [5.41, 5.74) is 1.21. The van der Waals surface area contributed by atoms with Crippen molar-refractivity contribution in [3.63, 3.8) is 0 Å². The van der Waals surface area contributed by atoms with Crippen molar-refractivity contribution in [3.8, 4) is 0 Å². The zero-order valence-electron chi connectivity index (χ0n) is 11.0. The van der Waals surface area contributed by atoms with Gasteiger partial charge in [-0.25, -0.2) is 0 Å². The predicted molar refractivity (Wildman–Crippen MR) is 69.7 cm³/mol. The summed E-state index contributed by atoms with van der Waals surface area (Å²) in [5.74, 6) is 0.327. The summed E-state index contributed by atoms with van der Waals surface area (Å²) in [7, 11) is 0. The SMILES string of the molecule is CCC(C(=O)OCCc1ccccc1)C(C)C. The fourth-order valence-corrected chi connectivity index (χ4v) is 1.93. The minimum Gasteiger partial charge on any atom is -0.465 e. The molecule has 2 nitrogen and oxygen atoms in total. The van der Waals surface area contributed by atoms with Crippen molar-refractivity contribution in [1.82, 2.24) is 0 Å². The Bertz CT molecular complexity index is 330. The molecule has 0 saturated carbocycles. The van der Waals surface area contributed by atoms with Crippen LogP contribution in [0.1, 0.15) is 32.8 Å². The van der Waals surface area contributed by atoms with E-state index in [1.807, 2.05) is 37.3 Å². The zero-order valence-corrected chi connectivity index (χ0v) is 11.0. The highest BCUT2D eigenvalue weighted by Crippen LogP contribution is 2.16. The molecule has 0 aromatic heterocycles. The molecule has 0 aliphatic rings. The molecular formula is C15H22O2. The molecule has 0 bridgehead atoms. The van der Waals surface area contributed by atoms with E-state index in [-0.39, 0.29) is 11.9 Å². The van der Waals surface area contributed by atoms with E-state index < -0.39 is 0 Å². The summed E-state index contributed by atoms with van der Waals surface area (Å²) in [6.07, 6.45) is 1.64. The van der Waals surface area contributed by atoms with Crippen LogP contribution in [0.5, 0.6) is 0 Å². The third-order valence-corrected chi connectivity index (χ3v) is 3.03. The monoisotopic (exact) mass is 234 g/mol. The van der Waals surface area contributed by atoms with Crippen LogP contribution in [-0.2, 0) is 16.0 Å². The zero-order chi connectivity index (χ0) is 12.7. The minimum absolute atomic E-state index is 0.0331. The Kier molecular flexibility index (Phi) is 5.75. The summed E-state index contributed by atoms with van der Waals surface area (Å²) < 4.78 is 5.32. The van der Waals surface area contributed by atoms with E-state index in [4.69, 9.17) is 4.74 Å². The Hall–Kier alpha value is -1.31. The van der Waals surface area contributed by atoms with Gasteiger partial charge in [-0.05, 0) is 17.9 Å². The van der Waals surface area contributed by atoms with E-state index in [9.17, 15) is 4.79 Å². The summed E-state index contributed by atoms with van der Waals surface area (Å²) in [6.45, 7) is 6.63. The molecule has 1 unspecified atom stereocenters. The van der Waals surface area contributed by atoms with Gasteiger partial charge in [-0.1, -0.05) is 51.1 Å². The van der Waals surface area contributed by atoms with Crippen molar-refractivity contribution in [2.75, 3.05) is 6.61 Å². The van der Waals surface area contributed by atoms with Gasteiger partial charge in [0.25, 0.3) is 0 Å². The van der Waals surface area contributed by atoms with Crippen LogP contribution in [0.2, 0.25) is 0 Å². The van der Waals surface area contributed by atoms with Gasteiger partial charge in [-0.15, -0.1) is 0 Å². The lowest BCUT2D eigenvalue weighted by molar-refractivity contribution is -0.150. The van der Waals surface area contributed by atoms with Crippen LogP contribution in [0.25, 0.3) is 0 Å². The lowest BCUT2D eigenvalue weighted by Crippen LogP contribution is -2.22. The molecule has 94 valence electrons. The predicted octanol–water partition coefficient (Wildman–Crippen LogP) is 3.45. The number of rotatable bonds is 6. The van der Waals surface area contributed by atoms with Crippen molar-refractivity contribution in [2.24, 2.45) is 11.8 Å². The molecule has 2 heteroatoms. The van der Waals surface area contributed by atoms with Crippen molar-refractivity contribution < 1.29 is 9.53 Å². The van der Waals surface area contributed by atoms with Gasteiger partial charge in [-0.3, -0.25) is 4.79 Å². The van der Waals surface area contributed by atoms with Crippen LogP contribution in [-0.4, -0.2) is 12.6 Å². The first-order valence-electron chi connectivity index (χ1n) is 6.35. The second-order valence-corrected chi connectivity index (χ2v) is 4.66. The first-order valence-corrected chi connectivity index (χ1v) is 6.35. The average Bonchev–Trinajstić information content (AvgIpc) is 2.30. The molecule has 0 aliphatic heterocycles. The number of carbonyl (C=O) groups is 1. The van der Waals surface area contributed by atoms with Gasteiger partial charge < -0.3 is 4.74 Å². The summed E-state index contributed by atoms with van der Waals surface area (Å²) >= 11 is 0. The smallest absolute Gasteiger partial charge is 0.309 e. The van der Waals surface area contributed by atoms with Crippen molar-refractivity contribution in [2.45, 2.75) is 33.6 Å².